The van der Waals surface area contributed by atoms with Crippen LogP contribution in [-0.2, 0) is 17.6 Å². The molecule has 94 valence electrons. The van der Waals surface area contributed by atoms with Crippen LogP contribution < -0.4 is 5.73 Å². The van der Waals surface area contributed by atoms with Crippen LogP contribution in [0.4, 0.5) is 5.00 Å². The molecule has 0 amide bonds. The molecule has 2 N–H and O–H groups in total. The van der Waals surface area contributed by atoms with Crippen molar-refractivity contribution in [1.29, 1.82) is 0 Å². The Bertz CT molecular complexity index is 534. The first-order valence-electron chi connectivity index (χ1n) is 5.71. The molecule has 0 aliphatic carbocycles. The lowest BCUT2D eigenvalue weighted by atomic mass is 10.1. The van der Waals surface area contributed by atoms with Crippen LogP contribution in [0.2, 0.25) is 0 Å². The molecule has 1 aromatic carbocycles. The Kier molecular flexibility index (Phi) is 3.99. The summed E-state index contributed by atoms with van der Waals surface area (Å²) in [6.45, 7) is 0. The van der Waals surface area contributed by atoms with Crippen molar-refractivity contribution in [2.45, 2.75) is 12.8 Å². The fraction of sp³-hybridized carbons (Fsp3) is 0.214. The van der Waals surface area contributed by atoms with Crippen LogP contribution in [-0.4, -0.2) is 13.1 Å². The van der Waals surface area contributed by atoms with Crippen LogP contribution in [0.25, 0.3) is 0 Å². The number of ether oxygens (including phenoxy) is 1. The highest BCUT2D eigenvalue weighted by atomic mass is 32.1. The van der Waals surface area contributed by atoms with E-state index in [0.29, 0.717) is 10.6 Å². The first kappa shape index (κ1) is 12.6. The summed E-state index contributed by atoms with van der Waals surface area (Å²) in [5, 5.41) is 0.532. The van der Waals surface area contributed by atoms with Crippen molar-refractivity contribution in [2.24, 2.45) is 0 Å². The highest BCUT2D eigenvalue weighted by molar-refractivity contribution is 7.16. The Morgan fingerprint density at radius 2 is 2.00 bits per heavy atom. The van der Waals surface area contributed by atoms with Gasteiger partial charge in [-0.05, 0) is 24.5 Å². The molecular weight excluding hydrogens is 246 g/mol. The number of methoxy groups -OCH3 is 1. The van der Waals surface area contributed by atoms with Crippen molar-refractivity contribution in [3.8, 4) is 0 Å². The molecule has 0 saturated carbocycles. The molecule has 3 nitrogen and oxygen atoms in total. The van der Waals surface area contributed by atoms with Gasteiger partial charge in [0.15, 0.2) is 0 Å². The third-order valence-electron chi connectivity index (χ3n) is 2.72. The van der Waals surface area contributed by atoms with Gasteiger partial charge < -0.3 is 10.5 Å². The average molecular weight is 261 g/mol. The number of carbonyl (C=O) groups excluding carboxylic acids is 1. The van der Waals surface area contributed by atoms with Crippen molar-refractivity contribution < 1.29 is 9.53 Å². The molecule has 0 bridgehead atoms. The van der Waals surface area contributed by atoms with Crippen LogP contribution >= 0.6 is 11.3 Å². The molecule has 0 unspecified atom stereocenters. The van der Waals surface area contributed by atoms with Gasteiger partial charge >= 0.3 is 5.97 Å². The average Bonchev–Trinajstić information content (AvgIpc) is 2.78. The van der Waals surface area contributed by atoms with Crippen LogP contribution in [0.1, 0.15) is 20.8 Å². The number of carbonyl (C=O) groups is 1. The van der Waals surface area contributed by atoms with Crippen molar-refractivity contribution >= 4 is 22.3 Å². The number of thiophene rings is 1. The van der Waals surface area contributed by atoms with Gasteiger partial charge in [-0.3, -0.25) is 0 Å². The van der Waals surface area contributed by atoms with Gasteiger partial charge in [0.1, 0.15) is 5.00 Å². The number of benzene rings is 1. The van der Waals surface area contributed by atoms with Crippen LogP contribution in [0, 0.1) is 0 Å². The van der Waals surface area contributed by atoms with E-state index in [1.54, 1.807) is 0 Å². The summed E-state index contributed by atoms with van der Waals surface area (Å²) < 4.78 is 4.68. The van der Waals surface area contributed by atoms with E-state index in [0.717, 1.165) is 17.7 Å². The van der Waals surface area contributed by atoms with Gasteiger partial charge in [0.25, 0.3) is 0 Å². The molecule has 1 heterocycles. The molecule has 0 spiro atoms. The number of nitrogens with two attached hydrogens (primary N) is 1. The number of nitrogen functional groups attached to an aromatic ring is 1. The Morgan fingerprint density at radius 3 is 2.67 bits per heavy atom. The number of esters is 1. The predicted octanol–water partition coefficient (Wildman–Crippen LogP) is 2.90. The summed E-state index contributed by atoms with van der Waals surface area (Å²) in [4.78, 5) is 12.5. The zero-order valence-corrected chi connectivity index (χ0v) is 11.0. The number of rotatable bonds is 4. The maximum atomic E-state index is 11.4. The van der Waals surface area contributed by atoms with Gasteiger partial charge in [0, 0.05) is 4.88 Å². The lowest BCUT2D eigenvalue weighted by molar-refractivity contribution is 0.0602. The summed E-state index contributed by atoms with van der Waals surface area (Å²) in [6.07, 6.45) is 1.83. The molecule has 18 heavy (non-hydrogen) atoms. The monoisotopic (exact) mass is 261 g/mol. The topological polar surface area (TPSA) is 52.3 Å². The normalized spacial score (nSPS) is 10.3. The summed E-state index contributed by atoms with van der Waals surface area (Å²) in [6, 6.07) is 12.1. The molecule has 0 aliphatic rings. The van der Waals surface area contributed by atoms with E-state index in [-0.39, 0.29) is 5.97 Å². The van der Waals surface area contributed by atoms with Gasteiger partial charge in [-0.2, -0.15) is 0 Å². The molecule has 0 aliphatic heterocycles. The van der Waals surface area contributed by atoms with E-state index >= 15 is 0 Å². The van der Waals surface area contributed by atoms with E-state index in [9.17, 15) is 4.79 Å². The van der Waals surface area contributed by atoms with Crippen molar-refractivity contribution in [3.05, 3.63) is 52.4 Å². The third kappa shape index (κ3) is 2.90. The highest BCUT2D eigenvalue weighted by Crippen LogP contribution is 2.26. The minimum atomic E-state index is -0.366. The summed E-state index contributed by atoms with van der Waals surface area (Å²) in [5.74, 6) is -0.366. The second-order valence-electron chi connectivity index (χ2n) is 3.97. The minimum absolute atomic E-state index is 0.366. The molecule has 4 heteroatoms. The lowest BCUT2D eigenvalue weighted by Crippen LogP contribution is -2.02. The zero-order chi connectivity index (χ0) is 13.0. The Labute approximate surface area is 110 Å². The quantitative estimate of drug-likeness (QED) is 0.861. The number of hydrogen-bond donors (Lipinski definition) is 1. The zero-order valence-electron chi connectivity index (χ0n) is 10.2. The molecule has 0 atom stereocenters. The molecule has 0 fully saturated rings. The standard InChI is InChI=1S/C14H15NO2S/c1-17-14(16)12-9-11(18-13(12)15)8-7-10-5-3-2-4-6-10/h2-6,9H,7-8,15H2,1H3. The fourth-order valence-corrected chi connectivity index (χ4v) is 2.68. The largest absolute Gasteiger partial charge is 0.465 e. The van der Waals surface area contributed by atoms with Crippen molar-refractivity contribution in [1.82, 2.24) is 0 Å². The molecular formula is C14H15NO2S. The van der Waals surface area contributed by atoms with E-state index in [1.807, 2.05) is 24.3 Å². The van der Waals surface area contributed by atoms with E-state index in [2.05, 4.69) is 16.9 Å². The number of anilines is 1. The summed E-state index contributed by atoms with van der Waals surface area (Å²) in [5.41, 5.74) is 7.56. The third-order valence-corrected chi connectivity index (χ3v) is 3.74. The van der Waals surface area contributed by atoms with Gasteiger partial charge in [-0.1, -0.05) is 30.3 Å². The minimum Gasteiger partial charge on any atom is -0.465 e. The van der Waals surface area contributed by atoms with Gasteiger partial charge in [0.2, 0.25) is 0 Å². The maximum absolute atomic E-state index is 11.4. The lowest BCUT2D eigenvalue weighted by Gasteiger charge is -1.98. The Morgan fingerprint density at radius 1 is 1.28 bits per heavy atom. The first-order chi connectivity index (χ1) is 8.70. The van der Waals surface area contributed by atoms with Crippen molar-refractivity contribution in [2.75, 3.05) is 12.8 Å². The molecule has 2 rings (SSSR count). The Hall–Kier alpha value is -1.81. The predicted molar refractivity (Wildman–Crippen MR) is 73.9 cm³/mol. The highest BCUT2D eigenvalue weighted by Gasteiger charge is 2.14. The van der Waals surface area contributed by atoms with Crippen LogP contribution in [0.5, 0.6) is 0 Å². The molecule has 1 aromatic heterocycles. The molecule has 0 radical (unpaired) electrons. The Balaban J connectivity index is 2.05. The van der Waals surface area contributed by atoms with Gasteiger partial charge in [-0.15, -0.1) is 11.3 Å². The second kappa shape index (κ2) is 5.69. The number of hydrogen-bond acceptors (Lipinski definition) is 4. The summed E-state index contributed by atoms with van der Waals surface area (Å²) in [7, 11) is 1.36. The van der Waals surface area contributed by atoms with Crippen LogP contribution in [0.3, 0.4) is 0 Å². The fourth-order valence-electron chi connectivity index (χ4n) is 1.76. The smallest absolute Gasteiger partial charge is 0.340 e. The van der Waals surface area contributed by atoms with E-state index in [1.165, 1.54) is 24.0 Å². The van der Waals surface area contributed by atoms with Crippen LogP contribution in [0.15, 0.2) is 36.4 Å². The van der Waals surface area contributed by atoms with Gasteiger partial charge in [0.05, 0.1) is 12.7 Å². The van der Waals surface area contributed by atoms with E-state index < -0.39 is 0 Å². The molecule has 2 aromatic rings. The second-order valence-corrected chi connectivity index (χ2v) is 5.14. The van der Waals surface area contributed by atoms with E-state index in [4.69, 9.17) is 5.73 Å². The first-order valence-corrected chi connectivity index (χ1v) is 6.53. The SMILES string of the molecule is COC(=O)c1cc(CCc2ccccc2)sc1N. The van der Waals surface area contributed by atoms with Crippen molar-refractivity contribution in [3.63, 3.8) is 0 Å². The van der Waals surface area contributed by atoms with Gasteiger partial charge in [-0.25, -0.2) is 4.79 Å². The maximum Gasteiger partial charge on any atom is 0.340 e. The summed E-state index contributed by atoms with van der Waals surface area (Å²) >= 11 is 1.45. The number of aryl methyl sites for hydroxylation is 2. The molecule has 0 saturated heterocycles.